The van der Waals surface area contributed by atoms with E-state index in [9.17, 15) is 68.7 Å². The molecular weight excluding hydrogens is 995 g/mol. The van der Waals surface area contributed by atoms with Crippen molar-refractivity contribution in [2.45, 2.75) is 127 Å². The van der Waals surface area contributed by atoms with E-state index in [4.69, 9.17) is 19.3 Å². The van der Waals surface area contributed by atoms with Crippen molar-refractivity contribution in [2.75, 3.05) is 33.9 Å². The summed E-state index contributed by atoms with van der Waals surface area (Å²) >= 11 is 0. The third-order valence-electron chi connectivity index (χ3n) is 14.6. The number of aliphatic hydroxyl groups excluding tert-OH is 2. The molecule has 0 radical (unpaired) electrons. The van der Waals surface area contributed by atoms with Crippen molar-refractivity contribution in [3.05, 3.63) is 87.0 Å². The van der Waals surface area contributed by atoms with Gasteiger partial charge in [0.15, 0.2) is 17.9 Å². The molecule has 2 heterocycles. The maximum Gasteiger partial charge on any atom is 0.307 e. The van der Waals surface area contributed by atoms with Crippen molar-refractivity contribution < 1.29 is 88.0 Å². The molecule has 7 rings (SSSR count). The lowest BCUT2D eigenvalue weighted by Crippen LogP contribution is -2.59. The zero-order valence-corrected chi connectivity index (χ0v) is 42.8. The fourth-order valence-corrected chi connectivity index (χ4v) is 10.6. The number of rotatable bonds is 18. The molecule has 0 bridgehead atoms. The molecule has 3 aromatic rings. The van der Waals surface area contributed by atoms with Gasteiger partial charge in [0.25, 0.3) is 0 Å². The Bertz CT molecular complexity index is 2840. The van der Waals surface area contributed by atoms with Crippen LogP contribution in [0.5, 0.6) is 17.2 Å². The Balaban J connectivity index is 0.992. The van der Waals surface area contributed by atoms with Crippen molar-refractivity contribution in [3.63, 3.8) is 0 Å². The van der Waals surface area contributed by atoms with Gasteiger partial charge in [-0.1, -0.05) is 50.2 Å². The Kier molecular flexibility index (Phi) is 17.0. The predicted octanol–water partition coefficient (Wildman–Crippen LogP) is 0.124. The SMILES string of the molecule is COc1cccc2c1C(=O)c1c(O)c3c(c(O)c1C2=O)C[C@@](O)(C(=O)CO)C[C@@H]3O[C@H]1C[C@H](NC(=O)[C@@H]2CCCN2C(=O)CNC(=O)[C@H](C)NC(=O)[C@@H](C(C)C)N(C)C(=O)Cc2ccc(CC(=O)O)cc2)[C@@H](O)[C@H](C)O1. The quantitative estimate of drug-likeness (QED) is 0.0598. The van der Waals surface area contributed by atoms with Gasteiger partial charge in [-0.05, 0) is 49.8 Å². The molecular formula is C53H63N5O18. The molecule has 408 valence electrons. The fraction of sp³-hybridized carbons (Fsp3) is 0.491. The summed E-state index contributed by atoms with van der Waals surface area (Å²) in [6.07, 6.45) is -6.60. The summed E-state index contributed by atoms with van der Waals surface area (Å²) in [4.78, 5) is 122. The Labute approximate surface area is 436 Å². The number of likely N-dealkylation sites (N-methyl/N-ethyl adjacent to an activating group) is 1. The van der Waals surface area contributed by atoms with Gasteiger partial charge in [-0.2, -0.15) is 0 Å². The molecule has 23 nitrogen and oxygen atoms in total. The van der Waals surface area contributed by atoms with Crippen LogP contribution in [0.3, 0.4) is 0 Å². The lowest BCUT2D eigenvalue weighted by atomic mass is 9.72. The van der Waals surface area contributed by atoms with Gasteiger partial charge in [-0.3, -0.25) is 43.2 Å². The number of nitrogens with one attached hydrogen (secondary N) is 3. The highest BCUT2D eigenvalue weighted by molar-refractivity contribution is 6.31. The van der Waals surface area contributed by atoms with Crippen molar-refractivity contribution in [1.29, 1.82) is 0 Å². The number of hydrogen-bond donors (Lipinski definition) is 9. The van der Waals surface area contributed by atoms with Crippen LogP contribution in [0.4, 0.5) is 0 Å². The van der Waals surface area contributed by atoms with Crippen LogP contribution in [0.1, 0.15) is 114 Å². The van der Waals surface area contributed by atoms with Crippen LogP contribution in [0.25, 0.3) is 0 Å². The number of ketones is 3. The third-order valence-corrected chi connectivity index (χ3v) is 14.6. The second kappa shape index (κ2) is 22.9. The van der Waals surface area contributed by atoms with Gasteiger partial charge in [-0.25, -0.2) is 0 Å². The maximum absolute atomic E-state index is 14.1. The molecule has 76 heavy (non-hydrogen) atoms. The van der Waals surface area contributed by atoms with Crippen molar-refractivity contribution >= 4 is 52.9 Å². The number of carboxylic acid groups (broad SMARTS) is 1. The van der Waals surface area contributed by atoms with Gasteiger partial charge < -0.3 is 70.6 Å². The van der Waals surface area contributed by atoms with Gasteiger partial charge in [0.1, 0.15) is 53.7 Å². The molecule has 2 aliphatic heterocycles. The van der Waals surface area contributed by atoms with Gasteiger partial charge >= 0.3 is 5.97 Å². The Hall–Kier alpha value is -7.31. The van der Waals surface area contributed by atoms with Crippen LogP contribution in [0, 0.1) is 5.92 Å². The first-order valence-electron chi connectivity index (χ1n) is 24.9. The summed E-state index contributed by atoms with van der Waals surface area (Å²) < 4.78 is 17.6. The van der Waals surface area contributed by atoms with Gasteiger partial charge in [0, 0.05) is 49.5 Å². The van der Waals surface area contributed by atoms with Crippen LogP contribution in [-0.2, 0) is 62.3 Å². The number of Topliss-reactive ketones (excluding diaryl/α,β-unsaturated/α-hetero) is 1. The summed E-state index contributed by atoms with van der Waals surface area (Å²) in [5.41, 5.74) is -3.28. The highest BCUT2D eigenvalue weighted by Crippen LogP contribution is 2.52. The van der Waals surface area contributed by atoms with E-state index < -0.39 is 156 Å². The number of hydrogen-bond acceptors (Lipinski definition) is 17. The number of aliphatic hydroxyl groups is 3. The number of aliphatic carboxylic acids is 1. The molecule has 9 N–H and O–H groups in total. The summed E-state index contributed by atoms with van der Waals surface area (Å²) in [6.45, 7) is 4.80. The molecule has 2 fully saturated rings. The van der Waals surface area contributed by atoms with Gasteiger partial charge in [0.2, 0.25) is 35.3 Å². The van der Waals surface area contributed by atoms with Gasteiger partial charge in [0.05, 0.1) is 61.4 Å². The summed E-state index contributed by atoms with van der Waals surface area (Å²) in [6, 6.07) is 6.43. The van der Waals surface area contributed by atoms with Gasteiger partial charge in [-0.15, -0.1) is 0 Å². The minimum absolute atomic E-state index is 0.0189. The summed E-state index contributed by atoms with van der Waals surface area (Å²) in [5.74, 6) is -8.78. The molecule has 9 atom stereocenters. The molecule has 4 aliphatic rings. The van der Waals surface area contributed by atoms with E-state index in [0.29, 0.717) is 17.5 Å². The normalized spacial score (nSPS) is 23.6. The molecule has 2 saturated heterocycles. The first-order valence-corrected chi connectivity index (χ1v) is 24.9. The van der Waals surface area contributed by atoms with E-state index >= 15 is 0 Å². The van der Waals surface area contributed by atoms with E-state index in [-0.39, 0.29) is 66.1 Å². The number of phenolic OH excluding ortho intramolecular Hbond substituents is 2. The number of nitrogens with zero attached hydrogens (tertiary/aromatic N) is 2. The lowest BCUT2D eigenvalue weighted by molar-refractivity contribution is -0.249. The number of likely N-dealkylation sites (tertiary alicyclic amines) is 1. The van der Waals surface area contributed by atoms with Crippen LogP contribution in [0.15, 0.2) is 42.5 Å². The molecule has 2 aliphatic carbocycles. The van der Waals surface area contributed by atoms with Crippen molar-refractivity contribution in [3.8, 4) is 17.2 Å². The number of carboxylic acids is 1. The monoisotopic (exact) mass is 1060 g/mol. The number of benzene rings is 3. The molecule has 23 heteroatoms. The lowest BCUT2D eigenvalue weighted by Gasteiger charge is -2.43. The highest BCUT2D eigenvalue weighted by atomic mass is 16.7. The Morgan fingerprint density at radius 2 is 1.58 bits per heavy atom. The van der Waals surface area contributed by atoms with E-state index in [1.807, 2.05) is 0 Å². The number of carbonyl (C=O) groups excluding carboxylic acids is 8. The average molecular weight is 1060 g/mol. The van der Waals surface area contributed by atoms with E-state index in [0.717, 1.165) is 0 Å². The first-order chi connectivity index (χ1) is 35.9. The molecule has 0 unspecified atom stereocenters. The second-order valence-electron chi connectivity index (χ2n) is 20.1. The predicted molar refractivity (Wildman–Crippen MR) is 264 cm³/mol. The number of aromatic hydroxyl groups is 2. The molecule has 3 aromatic carbocycles. The highest BCUT2D eigenvalue weighted by Gasteiger charge is 2.51. The average Bonchev–Trinajstić information content (AvgIpc) is 3.96. The van der Waals surface area contributed by atoms with Crippen LogP contribution in [-0.4, -0.2) is 175 Å². The Morgan fingerprint density at radius 1 is 0.921 bits per heavy atom. The fourth-order valence-electron chi connectivity index (χ4n) is 10.6. The standard InChI is InChI=1S/C53H63N5O18/c1-24(2)44(57(5)36(61)17-27-12-14-28(15-13-27)18-38(63)64)52(72)55-25(3)50(70)54-22-37(62)58-16-8-10-32(58)51(71)56-31-19-39(75-26(4)45(31)65)76-34-21-53(73,35(60)23-59)20-30-41(34)49(69)43-42(47(30)67)46(66)29-9-7-11-33(74-6)40(29)48(43)68/h7,9,11-15,24-26,31-32,34,39,44-45,59,65,67,69,73H,8,10,16-23H2,1-6H3,(H,54,70)(H,55,72)(H,56,71)(H,63,64)/t25-,26-,31-,32-,34-,39-,44+,45-,53-/m0/s1. The minimum Gasteiger partial charge on any atom is -0.507 e. The number of methoxy groups -OCH3 is 1. The number of amides is 5. The minimum atomic E-state index is -2.43. The first kappa shape index (κ1) is 56.4. The largest absolute Gasteiger partial charge is 0.507 e. The molecule has 0 saturated carbocycles. The number of ether oxygens (including phenoxy) is 3. The number of phenols is 2. The van der Waals surface area contributed by atoms with Crippen LogP contribution < -0.4 is 20.7 Å². The van der Waals surface area contributed by atoms with Crippen molar-refractivity contribution in [2.24, 2.45) is 5.92 Å². The smallest absolute Gasteiger partial charge is 0.307 e. The van der Waals surface area contributed by atoms with E-state index in [2.05, 4.69) is 16.0 Å². The zero-order chi connectivity index (χ0) is 55.7. The van der Waals surface area contributed by atoms with Crippen LogP contribution in [0.2, 0.25) is 0 Å². The van der Waals surface area contributed by atoms with Crippen molar-refractivity contribution in [1.82, 2.24) is 25.8 Å². The summed E-state index contributed by atoms with van der Waals surface area (Å²) in [5, 5.41) is 73.4. The second-order valence-corrected chi connectivity index (χ2v) is 20.1. The van der Waals surface area contributed by atoms with Crippen LogP contribution >= 0.6 is 0 Å². The molecule has 5 amide bonds. The third kappa shape index (κ3) is 11.3. The maximum atomic E-state index is 14.1. The topological polar surface area (TPSA) is 345 Å². The Morgan fingerprint density at radius 3 is 2.21 bits per heavy atom. The van der Waals surface area contributed by atoms with E-state index in [1.165, 1.54) is 56.0 Å². The molecule has 0 spiro atoms. The van der Waals surface area contributed by atoms with E-state index in [1.54, 1.807) is 38.1 Å². The zero-order valence-electron chi connectivity index (χ0n) is 42.8. The number of carbonyl (C=O) groups is 9. The number of fused-ring (bicyclic) bond motifs is 3. The molecule has 0 aromatic heterocycles. The summed E-state index contributed by atoms with van der Waals surface area (Å²) in [7, 11) is 2.75.